The van der Waals surface area contributed by atoms with E-state index in [1.807, 2.05) is 6.07 Å². The van der Waals surface area contributed by atoms with E-state index in [9.17, 15) is 0 Å². The van der Waals surface area contributed by atoms with E-state index in [4.69, 9.17) is 4.98 Å². The molecule has 0 aliphatic heterocycles. The number of anilines is 1. The van der Waals surface area contributed by atoms with Gasteiger partial charge in [-0.3, -0.25) is 0 Å². The van der Waals surface area contributed by atoms with Gasteiger partial charge >= 0.3 is 0 Å². The van der Waals surface area contributed by atoms with Crippen LogP contribution < -0.4 is 10.2 Å². The van der Waals surface area contributed by atoms with Crippen molar-refractivity contribution in [2.45, 2.75) is 27.3 Å². The van der Waals surface area contributed by atoms with Crippen molar-refractivity contribution in [3.05, 3.63) is 30.1 Å². The van der Waals surface area contributed by atoms with Gasteiger partial charge in [-0.1, -0.05) is 13.0 Å². The van der Waals surface area contributed by atoms with Gasteiger partial charge in [0.2, 0.25) is 0 Å². The maximum absolute atomic E-state index is 4.76. The Kier molecular flexibility index (Phi) is 4.20. The fraction of sp³-hybridized carbons (Fsp3) is 0.500. The van der Waals surface area contributed by atoms with Crippen LogP contribution in [0.25, 0.3) is 5.65 Å². The van der Waals surface area contributed by atoms with Crippen LogP contribution in [0.4, 0.5) is 5.82 Å². The van der Waals surface area contributed by atoms with Crippen LogP contribution in [0, 0.1) is 0 Å². The summed E-state index contributed by atoms with van der Waals surface area (Å²) in [5.41, 5.74) is 2.27. The fourth-order valence-corrected chi connectivity index (χ4v) is 2.22. The lowest BCUT2D eigenvalue weighted by Crippen LogP contribution is -2.25. The summed E-state index contributed by atoms with van der Waals surface area (Å²) in [5, 5.41) is 3.40. The molecular weight excluding hydrogens is 224 g/mol. The molecule has 1 N–H and O–H groups in total. The summed E-state index contributed by atoms with van der Waals surface area (Å²) in [7, 11) is 0. The lowest BCUT2D eigenvalue weighted by atomic mass is 10.3. The first-order valence-electron chi connectivity index (χ1n) is 6.73. The Balaban J connectivity index is 2.48. The van der Waals surface area contributed by atoms with Crippen molar-refractivity contribution in [3.63, 3.8) is 0 Å². The molecule has 2 aromatic rings. The standard InChI is InChI=1S/C14H22N4/c1-4-15-11-12-14(17(5-2)6-3)16-13-9-7-8-10-18(12)13/h7-10,15H,4-6,11H2,1-3H3. The molecule has 0 spiro atoms. The van der Waals surface area contributed by atoms with E-state index in [0.29, 0.717) is 0 Å². The smallest absolute Gasteiger partial charge is 0.152 e. The molecule has 0 saturated carbocycles. The van der Waals surface area contributed by atoms with E-state index in [1.165, 1.54) is 5.69 Å². The number of hydrogen-bond donors (Lipinski definition) is 1. The molecule has 0 atom stereocenters. The van der Waals surface area contributed by atoms with Gasteiger partial charge in [-0.05, 0) is 32.5 Å². The van der Waals surface area contributed by atoms with Crippen molar-refractivity contribution in [2.24, 2.45) is 0 Å². The van der Waals surface area contributed by atoms with Gasteiger partial charge in [-0.25, -0.2) is 4.98 Å². The molecule has 2 aromatic heterocycles. The molecule has 0 radical (unpaired) electrons. The Bertz CT molecular complexity index is 499. The molecule has 98 valence electrons. The number of fused-ring (bicyclic) bond motifs is 1. The molecule has 0 fully saturated rings. The van der Waals surface area contributed by atoms with Crippen LogP contribution in [0.5, 0.6) is 0 Å². The minimum Gasteiger partial charge on any atom is -0.356 e. The molecular formula is C14H22N4. The molecule has 2 rings (SSSR count). The van der Waals surface area contributed by atoms with Gasteiger partial charge in [-0.2, -0.15) is 0 Å². The van der Waals surface area contributed by atoms with E-state index in [1.54, 1.807) is 0 Å². The highest BCUT2D eigenvalue weighted by atomic mass is 15.2. The van der Waals surface area contributed by atoms with Crippen molar-refractivity contribution >= 4 is 11.5 Å². The van der Waals surface area contributed by atoms with E-state index < -0.39 is 0 Å². The van der Waals surface area contributed by atoms with E-state index in [2.05, 4.69) is 53.7 Å². The summed E-state index contributed by atoms with van der Waals surface area (Å²) < 4.78 is 2.18. The first-order valence-corrected chi connectivity index (χ1v) is 6.73. The Hall–Kier alpha value is -1.55. The lowest BCUT2D eigenvalue weighted by molar-refractivity contribution is 0.699. The molecule has 0 aliphatic rings. The van der Waals surface area contributed by atoms with E-state index in [0.717, 1.165) is 37.6 Å². The zero-order valence-electron chi connectivity index (χ0n) is 11.5. The summed E-state index contributed by atoms with van der Waals surface area (Å²) in [6, 6.07) is 6.14. The van der Waals surface area contributed by atoms with Gasteiger partial charge in [0.25, 0.3) is 0 Å². The average Bonchev–Trinajstić information content (AvgIpc) is 2.76. The van der Waals surface area contributed by atoms with Crippen LogP contribution in [-0.4, -0.2) is 29.0 Å². The largest absolute Gasteiger partial charge is 0.356 e. The van der Waals surface area contributed by atoms with Crippen molar-refractivity contribution in [1.29, 1.82) is 0 Å². The first-order chi connectivity index (χ1) is 8.81. The van der Waals surface area contributed by atoms with Gasteiger partial charge in [0, 0.05) is 25.8 Å². The second-order valence-electron chi connectivity index (χ2n) is 4.26. The SMILES string of the molecule is CCNCc1c(N(CC)CC)nc2ccccn12. The summed E-state index contributed by atoms with van der Waals surface area (Å²) >= 11 is 0. The highest BCUT2D eigenvalue weighted by molar-refractivity contribution is 5.55. The molecule has 0 unspecified atom stereocenters. The predicted molar refractivity (Wildman–Crippen MR) is 76.1 cm³/mol. The van der Waals surface area contributed by atoms with Crippen molar-refractivity contribution < 1.29 is 0 Å². The third kappa shape index (κ3) is 2.34. The van der Waals surface area contributed by atoms with E-state index >= 15 is 0 Å². The predicted octanol–water partition coefficient (Wildman–Crippen LogP) is 2.29. The highest BCUT2D eigenvalue weighted by Gasteiger charge is 2.15. The number of imidazole rings is 1. The zero-order valence-corrected chi connectivity index (χ0v) is 11.5. The number of nitrogens with zero attached hydrogens (tertiary/aromatic N) is 3. The minimum atomic E-state index is 0.855. The number of rotatable bonds is 6. The molecule has 4 heteroatoms. The van der Waals surface area contributed by atoms with Crippen molar-refractivity contribution in [1.82, 2.24) is 14.7 Å². The molecule has 0 bridgehead atoms. The summed E-state index contributed by atoms with van der Waals surface area (Å²) in [6.45, 7) is 10.3. The Morgan fingerprint density at radius 1 is 1.22 bits per heavy atom. The maximum Gasteiger partial charge on any atom is 0.152 e. The van der Waals surface area contributed by atoms with Crippen LogP contribution >= 0.6 is 0 Å². The maximum atomic E-state index is 4.76. The molecule has 4 nitrogen and oxygen atoms in total. The van der Waals surface area contributed by atoms with Crippen molar-refractivity contribution in [3.8, 4) is 0 Å². The van der Waals surface area contributed by atoms with Gasteiger partial charge in [0.05, 0.1) is 5.69 Å². The Labute approximate surface area is 109 Å². The second-order valence-corrected chi connectivity index (χ2v) is 4.26. The molecule has 0 aromatic carbocycles. The third-order valence-electron chi connectivity index (χ3n) is 3.21. The molecule has 0 aliphatic carbocycles. The summed E-state index contributed by atoms with van der Waals surface area (Å²) in [4.78, 5) is 7.06. The number of aromatic nitrogens is 2. The van der Waals surface area contributed by atoms with E-state index in [-0.39, 0.29) is 0 Å². The third-order valence-corrected chi connectivity index (χ3v) is 3.21. The number of pyridine rings is 1. The second kappa shape index (κ2) is 5.87. The number of nitrogens with one attached hydrogen (secondary N) is 1. The topological polar surface area (TPSA) is 32.6 Å². The van der Waals surface area contributed by atoms with Gasteiger partial charge in [-0.15, -0.1) is 0 Å². The molecule has 0 saturated heterocycles. The van der Waals surface area contributed by atoms with Gasteiger partial charge < -0.3 is 14.6 Å². The molecule has 0 amide bonds. The minimum absolute atomic E-state index is 0.855. The summed E-state index contributed by atoms with van der Waals surface area (Å²) in [6.07, 6.45) is 2.09. The quantitative estimate of drug-likeness (QED) is 0.849. The van der Waals surface area contributed by atoms with Crippen LogP contribution in [0.2, 0.25) is 0 Å². The number of hydrogen-bond acceptors (Lipinski definition) is 3. The van der Waals surface area contributed by atoms with Crippen LogP contribution in [0.3, 0.4) is 0 Å². The Morgan fingerprint density at radius 3 is 2.67 bits per heavy atom. The zero-order chi connectivity index (χ0) is 13.0. The fourth-order valence-electron chi connectivity index (χ4n) is 2.22. The lowest BCUT2D eigenvalue weighted by Gasteiger charge is -2.19. The highest BCUT2D eigenvalue weighted by Crippen LogP contribution is 2.21. The van der Waals surface area contributed by atoms with Crippen LogP contribution in [-0.2, 0) is 6.54 Å². The van der Waals surface area contributed by atoms with Gasteiger partial charge in [0.15, 0.2) is 5.82 Å². The first kappa shape index (κ1) is 12.9. The summed E-state index contributed by atoms with van der Waals surface area (Å²) in [5.74, 6) is 1.10. The normalized spacial score (nSPS) is 11.1. The average molecular weight is 246 g/mol. The monoisotopic (exact) mass is 246 g/mol. The Morgan fingerprint density at radius 2 is 2.00 bits per heavy atom. The van der Waals surface area contributed by atoms with Crippen LogP contribution in [0.1, 0.15) is 26.5 Å². The van der Waals surface area contributed by atoms with Crippen molar-refractivity contribution in [2.75, 3.05) is 24.5 Å². The molecule has 2 heterocycles. The van der Waals surface area contributed by atoms with Gasteiger partial charge in [0.1, 0.15) is 5.65 Å². The molecule has 18 heavy (non-hydrogen) atoms. The van der Waals surface area contributed by atoms with Crippen LogP contribution in [0.15, 0.2) is 24.4 Å².